The first-order valence-electron chi connectivity index (χ1n) is 6.27. The van der Waals surface area contributed by atoms with Crippen LogP contribution in [0.4, 0.5) is 11.5 Å². The molecular formula is C14H15N5. The van der Waals surface area contributed by atoms with Crippen LogP contribution < -0.4 is 5.32 Å². The molecular weight excluding hydrogens is 238 g/mol. The Morgan fingerprint density at radius 2 is 2.11 bits per heavy atom. The number of hydrogen-bond acceptors (Lipinski definition) is 4. The number of imidazole rings is 1. The normalized spacial score (nSPS) is 10.8. The Hall–Kier alpha value is -2.43. The van der Waals surface area contributed by atoms with E-state index in [1.54, 1.807) is 12.7 Å². The van der Waals surface area contributed by atoms with Crippen molar-refractivity contribution in [1.82, 2.24) is 19.5 Å². The fraction of sp³-hybridized carbons (Fsp3) is 0.214. The fourth-order valence-corrected chi connectivity index (χ4v) is 2.06. The lowest BCUT2D eigenvalue weighted by molar-refractivity contribution is 0.777. The van der Waals surface area contributed by atoms with Gasteiger partial charge in [-0.3, -0.25) is 0 Å². The van der Waals surface area contributed by atoms with Crippen LogP contribution >= 0.6 is 0 Å². The van der Waals surface area contributed by atoms with E-state index < -0.39 is 0 Å². The first-order valence-corrected chi connectivity index (χ1v) is 6.27. The molecule has 5 nitrogen and oxygen atoms in total. The summed E-state index contributed by atoms with van der Waals surface area (Å²) in [6.45, 7) is 4.97. The number of benzene rings is 1. The molecule has 5 heteroatoms. The van der Waals surface area contributed by atoms with E-state index in [9.17, 15) is 0 Å². The maximum atomic E-state index is 4.38. The highest BCUT2D eigenvalue weighted by Gasteiger charge is 2.09. The molecule has 3 rings (SSSR count). The minimum Gasteiger partial charge on any atom is -0.338 e. The van der Waals surface area contributed by atoms with Crippen LogP contribution in [0.3, 0.4) is 0 Å². The van der Waals surface area contributed by atoms with Gasteiger partial charge in [0.25, 0.3) is 0 Å². The molecule has 96 valence electrons. The van der Waals surface area contributed by atoms with Gasteiger partial charge in [-0.2, -0.15) is 0 Å². The van der Waals surface area contributed by atoms with Gasteiger partial charge in [-0.15, -0.1) is 0 Å². The van der Waals surface area contributed by atoms with E-state index in [4.69, 9.17) is 0 Å². The van der Waals surface area contributed by atoms with E-state index in [0.717, 1.165) is 29.2 Å². The second kappa shape index (κ2) is 4.68. The maximum absolute atomic E-state index is 4.38. The molecule has 0 saturated carbocycles. The van der Waals surface area contributed by atoms with Gasteiger partial charge in [-0.1, -0.05) is 12.1 Å². The lowest BCUT2D eigenvalue weighted by Gasteiger charge is -2.06. The summed E-state index contributed by atoms with van der Waals surface area (Å²) in [7, 11) is 0. The molecule has 0 atom stereocenters. The maximum Gasteiger partial charge on any atom is 0.165 e. The summed E-state index contributed by atoms with van der Waals surface area (Å²) in [4.78, 5) is 12.9. The van der Waals surface area contributed by atoms with Crippen molar-refractivity contribution in [3.63, 3.8) is 0 Å². The summed E-state index contributed by atoms with van der Waals surface area (Å²) in [5.74, 6) is 0.739. The third-order valence-electron chi connectivity index (χ3n) is 3.02. The van der Waals surface area contributed by atoms with Gasteiger partial charge in [0.2, 0.25) is 0 Å². The predicted octanol–water partition coefficient (Wildman–Crippen LogP) is 2.90. The third-order valence-corrected chi connectivity index (χ3v) is 3.02. The van der Waals surface area contributed by atoms with Crippen molar-refractivity contribution in [1.29, 1.82) is 0 Å². The zero-order valence-electron chi connectivity index (χ0n) is 11.0. The number of nitrogens with zero attached hydrogens (tertiary/aromatic N) is 4. The first kappa shape index (κ1) is 11.6. The van der Waals surface area contributed by atoms with E-state index in [2.05, 4.69) is 46.2 Å². The molecule has 0 aliphatic heterocycles. The molecule has 1 N–H and O–H groups in total. The third kappa shape index (κ3) is 2.14. The summed E-state index contributed by atoms with van der Waals surface area (Å²) in [6.07, 6.45) is 3.36. The smallest absolute Gasteiger partial charge is 0.165 e. The Kier molecular flexibility index (Phi) is 2.87. The highest BCUT2D eigenvalue weighted by molar-refractivity contribution is 5.85. The van der Waals surface area contributed by atoms with Gasteiger partial charge in [-0.05, 0) is 31.5 Å². The van der Waals surface area contributed by atoms with Gasteiger partial charge >= 0.3 is 0 Å². The van der Waals surface area contributed by atoms with Crippen molar-refractivity contribution in [2.24, 2.45) is 0 Å². The van der Waals surface area contributed by atoms with Crippen LogP contribution in [0.1, 0.15) is 12.5 Å². The zero-order valence-corrected chi connectivity index (χ0v) is 11.0. The summed E-state index contributed by atoms with van der Waals surface area (Å²) < 4.78 is 2.00. The van der Waals surface area contributed by atoms with Crippen LogP contribution in [0.2, 0.25) is 0 Å². The van der Waals surface area contributed by atoms with Crippen LogP contribution in [0.15, 0.2) is 36.9 Å². The number of hydrogen-bond donors (Lipinski definition) is 1. The minimum atomic E-state index is 0.739. The molecule has 0 fully saturated rings. The van der Waals surface area contributed by atoms with Crippen molar-refractivity contribution in [2.45, 2.75) is 20.4 Å². The standard InChI is InChI=1S/C14H15N5/c1-3-19-9-17-12-13(15-8-16-14(12)19)18-11-6-4-5-10(2)7-11/h4-9H,3H2,1-2H3,(H,15,16,18). The van der Waals surface area contributed by atoms with Gasteiger partial charge < -0.3 is 9.88 Å². The van der Waals surface area contributed by atoms with E-state index >= 15 is 0 Å². The van der Waals surface area contributed by atoms with Crippen molar-refractivity contribution in [3.05, 3.63) is 42.5 Å². The highest BCUT2D eigenvalue weighted by atomic mass is 15.1. The van der Waals surface area contributed by atoms with Crippen LogP contribution in [0.25, 0.3) is 11.2 Å². The van der Waals surface area contributed by atoms with Gasteiger partial charge in [0.05, 0.1) is 6.33 Å². The molecule has 1 aromatic carbocycles. The summed E-state index contributed by atoms with van der Waals surface area (Å²) >= 11 is 0. The molecule has 0 unspecified atom stereocenters. The van der Waals surface area contributed by atoms with Crippen LogP contribution in [-0.2, 0) is 6.54 Å². The summed E-state index contributed by atoms with van der Waals surface area (Å²) in [5, 5.41) is 3.30. The Labute approximate surface area is 111 Å². The number of anilines is 2. The van der Waals surface area contributed by atoms with E-state index in [-0.39, 0.29) is 0 Å². The largest absolute Gasteiger partial charge is 0.338 e. The van der Waals surface area contributed by atoms with Crippen molar-refractivity contribution in [3.8, 4) is 0 Å². The predicted molar refractivity (Wildman–Crippen MR) is 75.5 cm³/mol. The highest BCUT2D eigenvalue weighted by Crippen LogP contribution is 2.21. The Morgan fingerprint density at radius 1 is 1.21 bits per heavy atom. The number of aromatic nitrogens is 4. The number of fused-ring (bicyclic) bond motifs is 1. The lowest BCUT2D eigenvalue weighted by atomic mass is 10.2. The lowest BCUT2D eigenvalue weighted by Crippen LogP contribution is -1.98. The molecule has 0 saturated heterocycles. The molecule has 3 aromatic rings. The average Bonchev–Trinajstić information content (AvgIpc) is 2.83. The van der Waals surface area contributed by atoms with Crippen molar-refractivity contribution in [2.75, 3.05) is 5.32 Å². The van der Waals surface area contributed by atoms with Crippen LogP contribution in [-0.4, -0.2) is 19.5 Å². The molecule has 2 aromatic heterocycles. The van der Waals surface area contributed by atoms with E-state index in [1.807, 2.05) is 16.7 Å². The monoisotopic (exact) mass is 253 g/mol. The molecule has 0 radical (unpaired) electrons. The van der Waals surface area contributed by atoms with Gasteiger partial charge in [0.1, 0.15) is 6.33 Å². The minimum absolute atomic E-state index is 0.739. The van der Waals surface area contributed by atoms with E-state index in [0.29, 0.717) is 0 Å². The van der Waals surface area contributed by atoms with E-state index in [1.165, 1.54) is 5.56 Å². The Morgan fingerprint density at radius 3 is 2.89 bits per heavy atom. The number of rotatable bonds is 3. The Balaban J connectivity index is 2.03. The average molecular weight is 253 g/mol. The second-order valence-electron chi connectivity index (χ2n) is 4.42. The Bertz CT molecular complexity index is 717. The molecule has 2 heterocycles. The SMILES string of the molecule is CCn1cnc2c(Nc3cccc(C)c3)ncnc21. The van der Waals surface area contributed by atoms with Crippen LogP contribution in [0.5, 0.6) is 0 Å². The van der Waals surface area contributed by atoms with Gasteiger partial charge in [0.15, 0.2) is 17.0 Å². The fourth-order valence-electron chi connectivity index (χ4n) is 2.06. The summed E-state index contributed by atoms with van der Waals surface area (Å²) in [6, 6.07) is 8.16. The zero-order chi connectivity index (χ0) is 13.2. The molecule has 0 spiro atoms. The molecule has 0 bridgehead atoms. The number of aryl methyl sites for hydroxylation is 2. The molecule has 0 aliphatic rings. The van der Waals surface area contributed by atoms with Crippen molar-refractivity contribution >= 4 is 22.7 Å². The first-order chi connectivity index (χ1) is 9.28. The summed E-state index contributed by atoms with van der Waals surface area (Å²) in [5.41, 5.74) is 3.86. The molecule has 19 heavy (non-hydrogen) atoms. The van der Waals surface area contributed by atoms with Crippen LogP contribution in [0, 0.1) is 6.92 Å². The second-order valence-corrected chi connectivity index (χ2v) is 4.42. The number of nitrogens with one attached hydrogen (secondary N) is 1. The van der Waals surface area contributed by atoms with Crippen molar-refractivity contribution < 1.29 is 0 Å². The topological polar surface area (TPSA) is 55.6 Å². The molecule has 0 aliphatic carbocycles. The quantitative estimate of drug-likeness (QED) is 0.779. The van der Waals surface area contributed by atoms with Gasteiger partial charge in [-0.25, -0.2) is 15.0 Å². The van der Waals surface area contributed by atoms with Gasteiger partial charge in [0, 0.05) is 12.2 Å². The molecule has 0 amide bonds.